The minimum atomic E-state index is -4.37. The van der Waals surface area contributed by atoms with Gasteiger partial charge in [-0.3, -0.25) is 4.52 Å². The summed E-state index contributed by atoms with van der Waals surface area (Å²) < 4.78 is 15.4. The van der Waals surface area contributed by atoms with E-state index in [-0.39, 0.29) is 0 Å². The normalized spacial score (nSPS) is 18.4. The number of phosphoric ester groups is 1. The van der Waals surface area contributed by atoms with Gasteiger partial charge in [0.05, 0.1) is 6.10 Å². The lowest BCUT2D eigenvalue weighted by Crippen LogP contribution is -2.13. The second-order valence-corrected chi connectivity index (χ2v) is 4.44. The summed E-state index contributed by atoms with van der Waals surface area (Å²) in [7, 11) is -4.37. The van der Waals surface area contributed by atoms with Crippen LogP contribution in [0.3, 0.4) is 0 Å². The molecule has 4 nitrogen and oxygen atoms in total. The highest BCUT2D eigenvalue weighted by atomic mass is 31.2. The smallest absolute Gasteiger partial charge is 0.303 e. The molecule has 0 amide bonds. The van der Waals surface area contributed by atoms with Crippen molar-refractivity contribution < 1.29 is 18.9 Å². The molecule has 1 unspecified atom stereocenters. The van der Waals surface area contributed by atoms with Crippen LogP contribution in [-0.2, 0) is 9.09 Å². The van der Waals surface area contributed by atoms with E-state index >= 15 is 0 Å². The summed E-state index contributed by atoms with van der Waals surface area (Å²) in [6.07, 6.45) is 7.43. The summed E-state index contributed by atoms with van der Waals surface area (Å²) in [4.78, 5) is 17.4. The third kappa shape index (κ3) is 3.76. The Morgan fingerprint density at radius 3 is 2.79 bits per heavy atom. The van der Waals surface area contributed by atoms with E-state index in [1.54, 1.807) is 0 Å². The molecule has 2 N–H and O–H groups in total. The van der Waals surface area contributed by atoms with Crippen LogP contribution >= 0.6 is 7.82 Å². The average molecular weight is 218 g/mol. The summed E-state index contributed by atoms with van der Waals surface area (Å²) >= 11 is 0. The third-order valence-corrected chi connectivity index (χ3v) is 2.56. The second-order valence-electron chi connectivity index (χ2n) is 3.25. The molecule has 14 heavy (non-hydrogen) atoms. The average Bonchev–Trinajstić information content (AvgIpc) is 2.52. The highest BCUT2D eigenvalue weighted by Crippen LogP contribution is 2.41. The van der Waals surface area contributed by atoms with Crippen molar-refractivity contribution in [3.63, 3.8) is 0 Å². The van der Waals surface area contributed by atoms with Crippen molar-refractivity contribution in [2.24, 2.45) is 0 Å². The lowest BCUT2D eigenvalue weighted by molar-refractivity contribution is 0.147. The molecule has 0 fully saturated rings. The lowest BCUT2D eigenvalue weighted by Gasteiger charge is -2.18. The highest BCUT2D eigenvalue weighted by molar-refractivity contribution is 7.46. The van der Waals surface area contributed by atoms with E-state index in [0.29, 0.717) is 6.42 Å². The van der Waals surface area contributed by atoms with Crippen LogP contribution in [-0.4, -0.2) is 15.9 Å². The van der Waals surface area contributed by atoms with Gasteiger partial charge in [-0.1, -0.05) is 31.6 Å². The van der Waals surface area contributed by atoms with Crippen molar-refractivity contribution in [1.82, 2.24) is 0 Å². The molecule has 0 radical (unpaired) electrons. The Morgan fingerprint density at radius 1 is 1.64 bits per heavy atom. The predicted octanol–water partition coefficient (Wildman–Crippen LogP) is 2.15. The first-order valence-electron chi connectivity index (χ1n) is 4.62. The summed E-state index contributed by atoms with van der Waals surface area (Å²) in [6.45, 7) is 1.96. The molecular weight excluding hydrogens is 203 g/mol. The quantitative estimate of drug-likeness (QED) is 0.694. The zero-order valence-electron chi connectivity index (χ0n) is 8.09. The SMILES string of the molecule is CCCC(OP(=O)(O)O)C1=CC=CC1. The first-order valence-corrected chi connectivity index (χ1v) is 6.15. The van der Waals surface area contributed by atoms with Crippen molar-refractivity contribution in [3.05, 3.63) is 23.8 Å². The Labute approximate surface area is 83.5 Å². The topological polar surface area (TPSA) is 66.8 Å². The molecule has 0 bridgehead atoms. The Bertz CT molecular complexity index is 289. The molecule has 0 aromatic rings. The molecule has 0 spiro atoms. The first-order chi connectivity index (χ1) is 6.53. The zero-order chi connectivity index (χ0) is 10.6. The minimum Gasteiger partial charge on any atom is -0.303 e. The standard InChI is InChI=1S/C9H15O4P/c1-2-5-9(13-14(10,11)12)8-6-3-4-7-8/h3-4,6,9H,2,5,7H2,1H3,(H2,10,11,12). The monoisotopic (exact) mass is 218 g/mol. The van der Waals surface area contributed by atoms with Gasteiger partial charge in [-0.15, -0.1) is 0 Å². The highest BCUT2D eigenvalue weighted by Gasteiger charge is 2.24. The van der Waals surface area contributed by atoms with Gasteiger partial charge in [0.15, 0.2) is 0 Å². The lowest BCUT2D eigenvalue weighted by atomic mass is 10.1. The molecule has 0 aromatic carbocycles. The Balaban J connectivity index is 2.60. The van der Waals surface area contributed by atoms with Gasteiger partial charge in [0.1, 0.15) is 0 Å². The van der Waals surface area contributed by atoms with Gasteiger partial charge in [-0.05, 0) is 18.4 Å². The molecule has 5 heteroatoms. The molecule has 0 aromatic heterocycles. The van der Waals surface area contributed by atoms with E-state index < -0.39 is 13.9 Å². The maximum Gasteiger partial charge on any atom is 0.470 e. The largest absolute Gasteiger partial charge is 0.470 e. The van der Waals surface area contributed by atoms with Crippen LogP contribution in [0.4, 0.5) is 0 Å². The molecule has 1 aliphatic carbocycles. The first kappa shape index (κ1) is 11.7. The number of hydrogen-bond donors (Lipinski definition) is 2. The van der Waals surface area contributed by atoms with E-state index in [2.05, 4.69) is 0 Å². The van der Waals surface area contributed by atoms with Gasteiger partial charge >= 0.3 is 7.82 Å². The van der Waals surface area contributed by atoms with E-state index in [1.807, 2.05) is 25.2 Å². The van der Waals surface area contributed by atoms with Gasteiger partial charge in [0, 0.05) is 0 Å². The van der Waals surface area contributed by atoms with Crippen LogP contribution in [0.25, 0.3) is 0 Å². The third-order valence-electron chi connectivity index (χ3n) is 2.03. The van der Waals surface area contributed by atoms with Crippen molar-refractivity contribution in [2.75, 3.05) is 0 Å². The Kier molecular flexibility index (Phi) is 4.08. The molecule has 0 saturated heterocycles. The van der Waals surface area contributed by atoms with Crippen molar-refractivity contribution in [3.8, 4) is 0 Å². The molecular formula is C9H15O4P. The predicted molar refractivity (Wildman–Crippen MR) is 53.7 cm³/mol. The van der Waals surface area contributed by atoms with Gasteiger partial charge in [-0.2, -0.15) is 0 Å². The van der Waals surface area contributed by atoms with Crippen molar-refractivity contribution in [2.45, 2.75) is 32.3 Å². The van der Waals surface area contributed by atoms with Crippen LogP contribution in [0.1, 0.15) is 26.2 Å². The molecule has 1 rings (SSSR count). The number of rotatable bonds is 5. The van der Waals surface area contributed by atoms with E-state index in [9.17, 15) is 4.57 Å². The summed E-state index contributed by atoms with van der Waals surface area (Å²) in [5.74, 6) is 0. The van der Waals surface area contributed by atoms with Crippen molar-refractivity contribution in [1.29, 1.82) is 0 Å². The van der Waals surface area contributed by atoms with Crippen LogP contribution in [0.15, 0.2) is 23.8 Å². The maximum atomic E-state index is 10.7. The fourth-order valence-electron chi connectivity index (χ4n) is 1.44. The molecule has 0 heterocycles. The van der Waals surface area contributed by atoms with Gasteiger partial charge < -0.3 is 9.79 Å². The van der Waals surface area contributed by atoms with Crippen LogP contribution in [0.5, 0.6) is 0 Å². The second kappa shape index (κ2) is 4.89. The molecule has 1 aliphatic rings. The molecule has 0 saturated carbocycles. The number of allylic oxidation sites excluding steroid dienone is 3. The molecule has 0 aliphatic heterocycles. The maximum absolute atomic E-state index is 10.7. The van der Waals surface area contributed by atoms with E-state index in [0.717, 1.165) is 18.4 Å². The summed E-state index contributed by atoms with van der Waals surface area (Å²) in [5, 5.41) is 0. The number of hydrogen-bond acceptors (Lipinski definition) is 2. The zero-order valence-corrected chi connectivity index (χ0v) is 8.98. The minimum absolute atomic E-state index is 0.448. The summed E-state index contributed by atoms with van der Waals surface area (Å²) in [6, 6.07) is 0. The van der Waals surface area contributed by atoms with E-state index in [4.69, 9.17) is 14.3 Å². The van der Waals surface area contributed by atoms with Crippen LogP contribution in [0.2, 0.25) is 0 Å². The molecule has 80 valence electrons. The fourth-order valence-corrected chi connectivity index (χ4v) is 2.01. The van der Waals surface area contributed by atoms with Crippen LogP contribution < -0.4 is 0 Å². The van der Waals surface area contributed by atoms with Gasteiger partial charge in [0.25, 0.3) is 0 Å². The van der Waals surface area contributed by atoms with E-state index in [1.165, 1.54) is 0 Å². The Hall–Kier alpha value is -0.410. The van der Waals surface area contributed by atoms with Gasteiger partial charge in [0.2, 0.25) is 0 Å². The van der Waals surface area contributed by atoms with Crippen molar-refractivity contribution >= 4 is 7.82 Å². The fraction of sp³-hybridized carbons (Fsp3) is 0.556. The van der Waals surface area contributed by atoms with Gasteiger partial charge in [-0.25, -0.2) is 4.57 Å². The Morgan fingerprint density at radius 2 is 2.36 bits per heavy atom. The summed E-state index contributed by atoms with van der Waals surface area (Å²) in [5.41, 5.74) is 0.940. The van der Waals surface area contributed by atoms with Crippen LogP contribution in [0, 0.1) is 0 Å². The molecule has 1 atom stereocenters. The number of phosphoric acid groups is 1.